The minimum atomic E-state index is -0.633. The van der Waals surface area contributed by atoms with Gasteiger partial charge in [-0.15, -0.1) is 0 Å². The van der Waals surface area contributed by atoms with Crippen molar-refractivity contribution in [3.8, 4) is 0 Å². The van der Waals surface area contributed by atoms with Crippen molar-refractivity contribution in [1.82, 2.24) is 9.88 Å². The standard InChI is InChI=1S/C16H25N3O2/c1-12-6-8-16(21,9-7-12)11-18-14-5-4-13(10-17-14)15(20)19(2)3/h4-5,10,12,21H,6-9,11H2,1-3H3,(H,17,18). The molecule has 0 bridgehead atoms. The number of aliphatic hydroxyl groups is 1. The molecule has 0 unspecified atom stereocenters. The van der Waals surface area contributed by atoms with Crippen molar-refractivity contribution in [1.29, 1.82) is 0 Å². The summed E-state index contributed by atoms with van der Waals surface area (Å²) < 4.78 is 0. The molecular formula is C16H25N3O2. The molecule has 1 fully saturated rings. The molecule has 5 nitrogen and oxygen atoms in total. The van der Waals surface area contributed by atoms with Crippen LogP contribution in [0.1, 0.15) is 43.0 Å². The van der Waals surface area contributed by atoms with Crippen molar-refractivity contribution in [3.63, 3.8) is 0 Å². The molecule has 0 radical (unpaired) electrons. The lowest BCUT2D eigenvalue weighted by atomic mass is 9.79. The Morgan fingerprint density at radius 2 is 2.10 bits per heavy atom. The maximum atomic E-state index is 11.8. The molecule has 1 aromatic rings. The van der Waals surface area contributed by atoms with Crippen LogP contribution in [0, 0.1) is 5.92 Å². The number of rotatable bonds is 4. The molecule has 21 heavy (non-hydrogen) atoms. The molecule has 2 rings (SSSR count). The lowest BCUT2D eigenvalue weighted by Crippen LogP contribution is -2.40. The second-order valence-electron chi connectivity index (χ2n) is 6.39. The maximum absolute atomic E-state index is 11.8. The van der Waals surface area contributed by atoms with Gasteiger partial charge in [-0.3, -0.25) is 4.79 Å². The fourth-order valence-corrected chi connectivity index (χ4v) is 2.61. The highest BCUT2D eigenvalue weighted by molar-refractivity contribution is 5.93. The third-order valence-electron chi connectivity index (χ3n) is 4.22. The quantitative estimate of drug-likeness (QED) is 0.892. The Hall–Kier alpha value is -1.62. The van der Waals surface area contributed by atoms with Gasteiger partial charge >= 0.3 is 0 Å². The van der Waals surface area contributed by atoms with Gasteiger partial charge in [-0.05, 0) is 43.7 Å². The van der Waals surface area contributed by atoms with Crippen LogP contribution >= 0.6 is 0 Å². The van der Waals surface area contributed by atoms with E-state index in [9.17, 15) is 9.90 Å². The SMILES string of the molecule is CC1CCC(O)(CNc2ccc(C(=O)N(C)C)cn2)CC1. The van der Waals surface area contributed by atoms with Crippen LogP contribution in [0.2, 0.25) is 0 Å². The molecule has 1 aliphatic rings. The first-order valence-electron chi connectivity index (χ1n) is 7.53. The summed E-state index contributed by atoms with van der Waals surface area (Å²) >= 11 is 0. The summed E-state index contributed by atoms with van der Waals surface area (Å²) in [5, 5.41) is 13.7. The van der Waals surface area contributed by atoms with Crippen LogP contribution in [0.25, 0.3) is 0 Å². The van der Waals surface area contributed by atoms with Gasteiger partial charge in [0.15, 0.2) is 0 Å². The van der Waals surface area contributed by atoms with Crippen LogP contribution < -0.4 is 5.32 Å². The smallest absolute Gasteiger partial charge is 0.254 e. The largest absolute Gasteiger partial charge is 0.388 e. The summed E-state index contributed by atoms with van der Waals surface area (Å²) in [6.07, 6.45) is 5.37. The van der Waals surface area contributed by atoms with Crippen molar-refractivity contribution in [2.24, 2.45) is 5.92 Å². The van der Waals surface area contributed by atoms with E-state index in [1.807, 2.05) is 0 Å². The first-order chi connectivity index (χ1) is 9.89. The molecule has 1 aliphatic carbocycles. The number of carbonyl (C=O) groups excluding carboxylic acids is 1. The molecule has 5 heteroatoms. The van der Waals surface area contributed by atoms with E-state index in [1.54, 1.807) is 32.4 Å². The summed E-state index contributed by atoms with van der Waals surface area (Å²) in [6.45, 7) is 2.74. The zero-order valence-electron chi connectivity index (χ0n) is 13.1. The van der Waals surface area contributed by atoms with E-state index in [0.29, 0.717) is 23.8 Å². The lowest BCUT2D eigenvalue weighted by Gasteiger charge is -2.35. The molecular weight excluding hydrogens is 266 g/mol. The fraction of sp³-hybridized carbons (Fsp3) is 0.625. The minimum Gasteiger partial charge on any atom is -0.388 e. The Balaban J connectivity index is 1.90. The van der Waals surface area contributed by atoms with Gasteiger partial charge in [-0.2, -0.15) is 0 Å². The van der Waals surface area contributed by atoms with Gasteiger partial charge in [0, 0.05) is 26.8 Å². The number of carbonyl (C=O) groups is 1. The average Bonchev–Trinajstić information content (AvgIpc) is 2.48. The molecule has 1 saturated carbocycles. The number of pyridine rings is 1. The topological polar surface area (TPSA) is 65.5 Å². The van der Waals surface area contributed by atoms with E-state index in [0.717, 1.165) is 25.7 Å². The van der Waals surface area contributed by atoms with Gasteiger partial charge in [0.1, 0.15) is 5.82 Å². The lowest BCUT2D eigenvalue weighted by molar-refractivity contribution is 0.00494. The first kappa shape index (κ1) is 15.8. The van der Waals surface area contributed by atoms with Gasteiger partial charge in [0.2, 0.25) is 0 Å². The fourth-order valence-electron chi connectivity index (χ4n) is 2.61. The van der Waals surface area contributed by atoms with Gasteiger partial charge in [-0.1, -0.05) is 6.92 Å². The molecule has 0 spiro atoms. The third kappa shape index (κ3) is 4.17. The highest BCUT2D eigenvalue weighted by atomic mass is 16.3. The zero-order chi connectivity index (χ0) is 15.5. The van der Waals surface area contributed by atoms with E-state index in [2.05, 4.69) is 17.2 Å². The summed E-state index contributed by atoms with van der Waals surface area (Å²) in [5.41, 5.74) is -0.0671. The summed E-state index contributed by atoms with van der Waals surface area (Å²) in [6, 6.07) is 3.54. The molecule has 1 heterocycles. The molecule has 116 valence electrons. The van der Waals surface area contributed by atoms with E-state index in [-0.39, 0.29) is 5.91 Å². The predicted octanol–water partition coefficient (Wildman–Crippen LogP) is 2.14. The van der Waals surface area contributed by atoms with Gasteiger partial charge < -0.3 is 15.3 Å². The molecule has 0 atom stereocenters. The Labute approximate surface area is 126 Å². The molecule has 0 saturated heterocycles. The number of amides is 1. The molecule has 1 amide bonds. The Bertz CT molecular complexity index is 477. The Morgan fingerprint density at radius 3 is 2.62 bits per heavy atom. The molecule has 2 N–H and O–H groups in total. The van der Waals surface area contributed by atoms with E-state index < -0.39 is 5.60 Å². The van der Waals surface area contributed by atoms with Gasteiger partial charge in [-0.25, -0.2) is 4.98 Å². The second-order valence-corrected chi connectivity index (χ2v) is 6.39. The molecule has 0 aromatic carbocycles. The number of nitrogens with one attached hydrogen (secondary N) is 1. The van der Waals surface area contributed by atoms with Crippen LogP contribution in [0.3, 0.4) is 0 Å². The Kier molecular flexibility index (Phi) is 4.83. The van der Waals surface area contributed by atoms with E-state index in [4.69, 9.17) is 0 Å². The van der Waals surface area contributed by atoms with Gasteiger partial charge in [0.05, 0.1) is 11.2 Å². The summed E-state index contributed by atoms with van der Waals surface area (Å²) in [7, 11) is 3.43. The van der Waals surface area contributed by atoms with Crippen LogP contribution in [0.4, 0.5) is 5.82 Å². The maximum Gasteiger partial charge on any atom is 0.254 e. The predicted molar refractivity (Wildman–Crippen MR) is 83.3 cm³/mol. The Morgan fingerprint density at radius 1 is 1.43 bits per heavy atom. The number of hydrogen-bond acceptors (Lipinski definition) is 4. The monoisotopic (exact) mass is 291 g/mol. The van der Waals surface area contributed by atoms with Crippen molar-refractivity contribution < 1.29 is 9.90 Å². The number of hydrogen-bond donors (Lipinski definition) is 2. The first-order valence-corrected chi connectivity index (χ1v) is 7.53. The van der Waals surface area contributed by atoms with Gasteiger partial charge in [0.25, 0.3) is 5.91 Å². The van der Waals surface area contributed by atoms with Crippen LogP contribution in [-0.2, 0) is 0 Å². The molecule has 0 aliphatic heterocycles. The third-order valence-corrected chi connectivity index (χ3v) is 4.22. The second kappa shape index (κ2) is 6.43. The summed E-state index contributed by atoms with van der Waals surface area (Å²) in [5.74, 6) is 1.34. The summed E-state index contributed by atoms with van der Waals surface area (Å²) in [4.78, 5) is 17.5. The van der Waals surface area contributed by atoms with E-state index >= 15 is 0 Å². The minimum absolute atomic E-state index is 0.0612. The van der Waals surface area contributed by atoms with E-state index in [1.165, 1.54) is 4.90 Å². The number of aromatic nitrogens is 1. The number of nitrogens with zero attached hydrogens (tertiary/aromatic N) is 2. The number of anilines is 1. The van der Waals surface area contributed by atoms with Crippen molar-refractivity contribution in [2.45, 2.75) is 38.2 Å². The highest BCUT2D eigenvalue weighted by Crippen LogP contribution is 2.31. The average molecular weight is 291 g/mol. The normalized spacial score (nSPS) is 25.4. The van der Waals surface area contributed by atoms with Crippen molar-refractivity contribution in [3.05, 3.63) is 23.9 Å². The van der Waals surface area contributed by atoms with Crippen LogP contribution in [0.5, 0.6) is 0 Å². The van der Waals surface area contributed by atoms with Crippen LogP contribution in [0.15, 0.2) is 18.3 Å². The zero-order valence-corrected chi connectivity index (χ0v) is 13.1. The van der Waals surface area contributed by atoms with Crippen LogP contribution in [-0.4, -0.2) is 47.1 Å². The molecule has 1 aromatic heterocycles. The highest BCUT2D eigenvalue weighted by Gasteiger charge is 2.31. The van der Waals surface area contributed by atoms with Crippen molar-refractivity contribution >= 4 is 11.7 Å². The van der Waals surface area contributed by atoms with Crippen molar-refractivity contribution in [2.75, 3.05) is 26.0 Å².